The van der Waals surface area contributed by atoms with E-state index in [2.05, 4.69) is 10.6 Å². The summed E-state index contributed by atoms with van der Waals surface area (Å²) in [6.45, 7) is 2.62. The number of hydrogen-bond acceptors (Lipinski definition) is 3. The van der Waals surface area contributed by atoms with Crippen LogP contribution in [0.1, 0.15) is 18.4 Å². The molecule has 2 rings (SSSR count). The Hall–Kier alpha value is -1.46. The summed E-state index contributed by atoms with van der Waals surface area (Å²) in [7, 11) is 1.65. The maximum Gasteiger partial charge on any atom is 0.230 e. The lowest BCUT2D eigenvalue weighted by Crippen LogP contribution is -2.39. The van der Waals surface area contributed by atoms with E-state index >= 15 is 0 Å². The third-order valence-electron chi connectivity index (χ3n) is 3.64. The first-order valence-corrected chi connectivity index (χ1v) is 6.94. The van der Waals surface area contributed by atoms with Gasteiger partial charge in [0, 0.05) is 32.3 Å². The van der Waals surface area contributed by atoms with Crippen LogP contribution in [0.3, 0.4) is 0 Å². The van der Waals surface area contributed by atoms with E-state index in [1.54, 1.807) is 25.3 Å². The molecule has 2 N–H and O–H groups in total. The average Bonchev–Trinajstić information content (AvgIpc) is 3.24. The topological polar surface area (TPSA) is 50.4 Å². The summed E-state index contributed by atoms with van der Waals surface area (Å²) in [6, 6.07) is 6.54. The van der Waals surface area contributed by atoms with E-state index in [4.69, 9.17) is 4.74 Å². The van der Waals surface area contributed by atoms with Gasteiger partial charge in [0.15, 0.2) is 0 Å². The standard InChI is InChI=1S/C15H21FN2O2/c1-20-11-10-17-8-9-18-14(19)15(6-7-15)12-4-2-3-5-13(12)16/h2-5,17H,6-11H2,1H3,(H,18,19). The molecule has 1 aliphatic rings. The summed E-state index contributed by atoms with van der Waals surface area (Å²) in [5, 5.41) is 6.03. The quantitative estimate of drug-likeness (QED) is 0.704. The molecule has 0 aromatic heterocycles. The van der Waals surface area contributed by atoms with Crippen LogP contribution in [0, 0.1) is 5.82 Å². The lowest BCUT2D eigenvalue weighted by atomic mass is 9.94. The summed E-state index contributed by atoms with van der Waals surface area (Å²) in [5.74, 6) is -0.366. The lowest BCUT2D eigenvalue weighted by molar-refractivity contribution is -0.123. The Labute approximate surface area is 118 Å². The van der Waals surface area contributed by atoms with Gasteiger partial charge in [0.05, 0.1) is 12.0 Å². The van der Waals surface area contributed by atoms with Crippen LogP contribution in [0.15, 0.2) is 24.3 Å². The van der Waals surface area contributed by atoms with Crippen molar-refractivity contribution in [1.29, 1.82) is 0 Å². The number of methoxy groups -OCH3 is 1. The first-order valence-electron chi connectivity index (χ1n) is 6.94. The van der Waals surface area contributed by atoms with Gasteiger partial charge in [-0.05, 0) is 18.9 Å². The second-order valence-electron chi connectivity index (χ2n) is 5.06. The third kappa shape index (κ3) is 3.35. The summed E-state index contributed by atoms with van der Waals surface area (Å²) < 4.78 is 18.7. The van der Waals surface area contributed by atoms with Crippen LogP contribution in [0.5, 0.6) is 0 Å². The number of nitrogens with one attached hydrogen (secondary N) is 2. The molecule has 0 unspecified atom stereocenters. The van der Waals surface area contributed by atoms with Gasteiger partial charge in [0.1, 0.15) is 5.82 Å². The molecule has 1 fully saturated rings. The molecule has 0 spiro atoms. The molecule has 1 aromatic carbocycles. The van der Waals surface area contributed by atoms with Gasteiger partial charge in [-0.1, -0.05) is 18.2 Å². The van der Waals surface area contributed by atoms with E-state index in [0.29, 0.717) is 25.3 Å². The first kappa shape index (κ1) is 14.9. The van der Waals surface area contributed by atoms with Gasteiger partial charge in [0.2, 0.25) is 5.91 Å². The maximum atomic E-state index is 13.8. The molecule has 4 nitrogen and oxygen atoms in total. The van der Waals surface area contributed by atoms with Crippen molar-refractivity contribution < 1.29 is 13.9 Å². The molecule has 0 atom stereocenters. The van der Waals surface area contributed by atoms with Crippen molar-refractivity contribution in [2.75, 3.05) is 33.4 Å². The summed E-state index contributed by atoms with van der Waals surface area (Å²) in [4.78, 5) is 12.2. The van der Waals surface area contributed by atoms with Crippen molar-refractivity contribution in [3.8, 4) is 0 Å². The van der Waals surface area contributed by atoms with Crippen LogP contribution in [0.4, 0.5) is 4.39 Å². The number of hydrogen-bond donors (Lipinski definition) is 2. The largest absolute Gasteiger partial charge is 0.383 e. The molecule has 0 radical (unpaired) electrons. The minimum Gasteiger partial charge on any atom is -0.383 e. The molecule has 1 amide bonds. The second kappa shape index (κ2) is 6.81. The van der Waals surface area contributed by atoms with Crippen molar-refractivity contribution in [3.63, 3.8) is 0 Å². The Morgan fingerprint density at radius 2 is 2.05 bits per heavy atom. The zero-order chi connectivity index (χ0) is 14.4. The Bertz CT molecular complexity index is 461. The highest BCUT2D eigenvalue weighted by Crippen LogP contribution is 2.49. The average molecular weight is 280 g/mol. The van der Waals surface area contributed by atoms with Gasteiger partial charge in [-0.15, -0.1) is 0 Å². The molecule has 0 saturated heterocycles. The first-order chi connectivity index (χ1) is 9.70. The van der Waals surface area contributed by atoms with Crippen molar-refractivity contribution in [3.05, 3.63) is 35.6 Å². The van der Waals surface area contributed by atoms with Crippen molar-refractivity contribution in [2.45, 2.75) is 18.3 Å². The molecule has 1 saturated carbocycles. The van der Waals surface area contributed by atoms with Crippen molar-refractivity contribution in [2.24, 2.45) is 0 Å². The van der Waals surface area contributed by atoms with Gasteiger partial charge in [-0.2, -0.15) is 0 Å². The number of carbonyl (C=O) groups excluding carboxylic acids is 1. The Morgan fingerprint density at radius 3 is 2.70 bits per heavy atom. The van der Waals surface area contributed by atoms with Gasteiger partial charge < -0.3 is 15.4 Å². The monoisotopic (exact) mass is 280 g/mol. The van der Waals surface area contributed by atoms with Crippen LogP contribution < -0.4 is 10.6 Å². The Morgan fingerprint density at radius 1 is 1.30 bits per heavy atom. The predicted octanol–water partition coefficient (Wildman–Crippen LogP) is 1.21. The minimum absolute atomic E-state index is 0.0730. The summed E-state index contributed by atoms with van der Waals surface area (Å²) >= 11 is 0. The van der Waals surface area contributed by atoms with Crippen molar-refractivity contribution >= 4 is 5.91 Å². The second-order valence-corrected chi connectivity index (χ2v) is 5.06. The van der Waals surface area contributed by atoms with E-state index in [0.717, 1.165) is 19.4 Å². The van der Waals surface area contributed by atoms with E-state index < -0.39 is 5.41 Å². The third-order valence-corrected chi connectivity index (χ3v) is 3.64. The van der Waals surface area contributed by atoms with E-state index in [1.165, 1.54) is 6.07 Å². The molecule has 5 heteroatoms. The number of halogens is 1. The van der Waals surface area contributed by atoms with Crippen molar-refractivity contribution in [1.82, 2.24) is 10.6 Å². The highest BCUT2D eigenvalue weighted by molar-refractivity contribution is 5.91. The zero-order valence-electron chi connectivity index (χ0n) is 11.7. The molecule has 20 heavy (non-hydrogen) atoms. The van der Waals surface area contributed by atoms with Gasteiger partial charge in [-0.25, -0.2) is 4.39 Å². The molecule has 1 aliphatic carbocycles. The van der Waals surface area contributed by atoms with Crippen LogP contribution in [0.2, 0.25) is 0 Å². The van der Waals surface area contributed by atoms with Crippen LogP contribution in [0.25, 0.3) is 0 Å². The fourth-order valence-electron chi connectivity index (χ4n) is 2.33. The number of carbonyl (C=O) groups is 1. The molecule has 110 valence electrons. The molecular weight excluding hydrogens is 259 g/mol. The van der Waals surface area contributed by atoms with Gasteiger partial charge in [-0.3, -0.25) is 4.79 Å². The summed E-state index contributed by atoms with van der Waals surface area (Å²) in [5.41, 5.74) is -0.123. The molecule has 1 aromatic rings. The van der Waals surface area contributed by atoms with Gasteiger partial charge in [0.25, 0.3) is 0 Å². The number of amides is 1. The highest BCUT2D eigenvalue weighted by atomic mass is 19.1. The molecule has 0 aliphatic heterocycles. The Kier molecular flexibility index (Phi) is 5.09. The smallest absolute Gasteiger partial charge is 0.230 e. The summed E-state index contributed by atoms with van der Waals surface area (Å²) in [6.07, 6.45) is 1.44. The normalized spacial score (nSPS) is 15.9. The zero-order valence-corrected chi connectivity index (χ0v) is 11.7. The number of benzene rings is 1. The van der Waals surface area contributed by atoms with E-state index in [-0.39, 0.29) is 11.7 Å². The predicted molar refractivity (Wildman–Crippen MR) is 75.1 cm³/mol. The van der Waals surface area contributed by atoms with Crippen LogP contribution >= 0.6 is 0 Å². The number of ether oxygens (including phenoxy) is 1. The molecule has 0 heterocycles. The minimum atomic E-state index is -0.641. The Balaban J connectivity index is 1.82. The van der Waals surface area contributed by atoms with Gasteiger partial charge >= 0.3 is 0 Å². The number of rotatable bonds is 8. The fraction of sp³-hybridized carbons (Fsp3) is 0.533. The highest BCUT2D eigenvalue weighted by Gasteiger charge is 2.52. The van der Waals surface area contributed by atoms with E-state index in [1.807, 2.05) is 0 Å². The molecule has 0 bridgehead atoms. The maximum absolute atomic E-state index is 13.8. The lowest BCUT2D eigenvalue weighted by Gasteiger charge is -2.16. The van der Waals surface area contributed by atoms with E-state index in [9.17, 15) is 9.18 Å². The molecular formula is C15H21FN2O2. The van der Waals surface area contributed by atoms with Crippen LogP contribution in [-0.2, 0) is 14.9 Å². The SMILES string of the molecule is COCCNCCNC(=O)C1(c2ccccc2F)CC1. The fourth-order valence-corrected chi connectivity index (χ4v) is 2.33. The van der Waals surface area contributed by atoms with Crippen LogP contribution in [-0.4, -0.2) is 39.3 Å².